The Balaban J connectivity index is 2.13. The number of rotatable bonds is 7. The summed E-state index contributed by atoms with van der Waals surface area (Å²) >= 11 is 0. The van der Waals surface area contributed by atoms with Crippen LogP contribution in [0.4, 0.5) is 0 Å². The zero-order valence-corrected chi connectivity index (χ0v) is 17.8. The van der Waals surface area contributed by atoms with E-state index >= 15 is 0 Å². The lowest BCUT2D eigenvalue weighted by Gasteiger charge is -2.41. The molecule has 2 fully saturated rings. The molecule has 0 nitrogen and oxygen atoms in total. The van der Waals surface area contributed by atoms with Crippen molar-refractivity contribution in [3.05, 3.63) is 0 Å². The van der Waals surface area contributed by atoms with Gasteiger partial charge >= 0.3 is 0 Å². The lowest BCUT2D eigenvalue weighted by atomic mass is 10.1. The Kier molecular flexibility index (Phi) is 7.68. The van der Waals surface area contributed by atoms with Gasteiger partial charge in [0.2, 0.25) is 0 Å². The molecular formula is C20H40P2. The highest BCUT2D eigenvalue weighted by molar-refractivity contribution is 7.64. The highest BCUT2D eigenvalue weighted by Gasteiger charge is 2.44. The first-order chi connectivity index (χ1) is 10.6. The van der Waals surface area contributed by atoms with E-state index in [4.69, 9.17) is 0 Å². The maximum Gasteiger partial charge on any atom is -0.0167 e. The average Bonchev–Trinajstić information content (AvgIpc) is 3.15. The quantitative estimate of drug-likeness (QED) is 0.422. The van der Waals surface area contributed by atoms with Gasteiger partial charge in [-0.3, -0.25) is 0 Å². The van der Waals surface area contributed by atoms with E-state index in [1.807, 2.05) is 0 Å². The highest BCUT2D eigenvalue weighted by Crippen LogP contribution is 2.69. The minimum Gasteiger partial charge on any atom is -0.0968 e. The first-order valence-corrected chi connectivity index (χ1v) is 13.2. The monoisotopic (exact) mass is 342 g/mol. The van der Waals surface area contributed by atoms with Gasteiger partial charge in [-0.1, -0.05) is 57.4 Å². The molecule has 0 saturated carbocycles. The molecule has 22 heavy (non-hydrogen) atoms. The van der Waals surface area contributed by atoms with Crippen molar-refractivity contribution in [2.75, 3.05) is 0 Å². The molecule has 0 radical (unpaired) electrons. The standard InChI is InChI=1S/C20H40P2/c1-7-17-11-12-18(8-2)21(17)15(5)16(6)22-19(9-3)13-14-20(22)10-4/h15-20H,7-14H2,1-6H3/t15-,16-,17+,18+,19+,20+/m0/s1. The van der Waals surface area contributed by atoms with Crippen LogP contribution in [0.3, 0.4) is 0 Å². The van der Waals surface area contributed by atoms with E-state index in [1.54, 1.807) is 25.7 Å². The van der Waals surface area contributed by atoms with Crippen LogP contribution in [0, 0.1) is 0 Å². The van der Waals surface area contributed by atoms with Crippen LogP contribution < -0.4 is 0 Å². The summed E-state index contributed by atoms with van der Waals surface area (Å²) in [4.78, 5) is 0. The first-order valence-electron chi connectivity index (χ1n) is 10.1. The summed E-state index contributed by atoms with van der Waals surface area (Å²) in [5, 5.41) is 0. The molecule has 6 atom stereocenters. The summed E-state index contributed by atoms with van der Waals surface area (Å²) in [5.41, 5.74) is 6.43. The van der Waals surface area contributed by atoms with Crippen LogP contribution in [0.25, 0.3) is 0 Å². The van der Waals surface area contributed by atoms with E-state index in [0.29, 0.717) is 0 Å². The third kappa shape index (κ3) is 3.75. The predicted octanol–water partition coefficient (Wildman–Crippen LogP) is 7.43. The van der Waals surface area contributed by atoms with Crippen LogP contribution in [0.5, 0.6) is 0 Å². The molecule has 2 rings (SSSR count). The number of hydrogen-bond donors (Lipinski definition) is 0. The maximum atomic E-state index is 2.67. The Morgan fingerprint density at radius 2 is 0.818 bits per heavy atom. The van der Waals surface area contributed by atoms with Crippen LogP contribution in [0.1, 0.15) is 92.9 Å². The molecule has 0 aromatic rings. The van der Waals surface area contributed by atoms with E-state index < -0.39 is 0 Å². The first kappa shape index (κ1) is 19.2. The summed E-state index contributed by atoms with van der Waals surface area (Å²) in [6, 6.07) is 0. The van der Waals surface area contributed by atoms with Crippen molar-refractivity contribution in [1.82, 2.24) is 0 Å². The van der Waals surface area contributed by atoms with E-state index in [-0.39, 0.29) is 15.8 Å². The maximum absolute atomic E-state index is 2.67. The van der Waals surface area contributed by atoms with Crippen LogP contribution in [-0.2, 0) is 0 Å². The van der Waals surface area contributed by atoms with E-state index in [1.165, 1.54) is 25.7 Å². The number of hydrogen-bond acceptors (Lipinski definition) is 0. The minimum absolute atomic E-state index is 0.279. The summed E-state index contributed by atoms with van der Waals surface area (Å²) in [6.45, 7) is 15.2. The fourth-order valence-corrected chi connectivity index (χ4v) is 14.7. The Morgan fingerprint density at radius 1 is 0.591 bits per heavy atom. The molecule has 0 unspecified atom stereocenters. The molecule has 0 N–H and O–H groups in total. The lowest BCUT2D eigenvalue weighted by Crippen LogP contribution is -2.26. The summed E-state index contributed by atoms with van der Waals surface area (Å²) < 4.78 is 0. The van der Waals surface area contributed by atoms with Crippen molar-refractivity contribution < 1.29 is 0 Å². The van der Waals surface area contributed by atoms with Crippen molar-refractivity contribution >= 4 is 15.8 Å². The predicted molar refractivity (Wildman–Crippen MR) is 108 cm³/mol. The molecule has 2 saturated heterocycles. The second-order valence-corrected chi connectivity index (χ2v) is 14.1. The van der Waals surface area contributed by atoms with Crippen LogP contribution >= 0.6 is 15.8 Å². The minimum atomic E-state index is 0.279. The zero-order valence-electron chi connectivity index (χ0n) is 16.0. The molecular weight excluding hydrogens is 302 g/mol. The summed E-state index contributed by atoms with van der Waals surface area (Å²) in [5.74, 6) is 0. The van der Waals surface area contributed by atoms with E-state index in [9.17, 15) is 0 Å². The summed E-state index contributed by atoms with van der Waals surface area (Å²) in [6.07, 6.45) is 12.0. The second-order valence-electron chi connectivity index (χ2n) is 7.78. The second kappa shape index (κ2) is 8.81. The normalized spacial score (nSPS) is 36.8. The van der Waals surface area contributed by atoms with Crippen LogP contribution in [0.2, 0.25) is 0 Å². The van der Waals surface area contributed by atoms with Gasteiger partial charge in [-0.25, -0.2) is 0 Å². The fourth-order valence-electron chi connectivity index (χ4n) is 5.45. The molecule has 0 bridgehead atoms. The molecule has 0 aromatic carbocycles. The van der Waals surface area contributed by atoms with Gasteiger partial charge < -0.3 is 0 Å². The van der Waals surface area contributed by atoms with Gasteiger partial charge in [0, 0.05) is 0 Å². The van der Waals surface area contributed by atoms with Gasteiger partial charge in [-0.15, -0.1) is 0 Å². The van der Waals surface area contributed by atoms with Crippen molar-refractivity contribution in [2.24, 2.45) is 0 Å². The third-order valence-electron chi connectivity index (χ3n) is 6.88. The fraction of sp³-hybridized carbons (Fsp3) is 1.00. The largest absolute Gasteiger partial charge is 0.0968 e. The van der Waals surface area contributed by atoms with Gasteiger partial charge in [-0.2, -0.15) is 0 Å². The Bertz CT molecular complexity index is 274. The Morgan fingerprint density at radius 3 is 1.00 bits per heavy atom. The topological polar surface area (TPSA) is 0 Å². The Hall–Kier alpha value is 0.860. The third-order valence-corrected chi connectivity index (χ3v) is 15.8. The van der Waals surface area contributed by atoms with Gasteiger partial charge in [-0.05, 0) is 85.3 Å². The smallest absolute Gasteiger partial charge is 0.0167 e. The van der Waals surface area contributed by atoms with Crippen LogP contribution in [0.15, 0.2) is 0 Å². The SMILES string of the molecule is CC[C@@H]1CC[C@@H](CC)P1[C@@H](C)[C@H](C)P1[C@H](CC)CC[C@H]1CC. The molecule has 0 spiro atoms. The molecule has 2 heteroatoms. The molecule has 0 aliphatic carbocycles. The van der Waals surface area contributed by atoms with Crippen molar-refractivity contribution in [3.63, 3.8) is 0 Å². The van der Waals surface area contributed by atoms with E-state index in [2.05, 4.69) is 41.5 Å². The van der Waals surface area contributed by atoms with Gasteiger partial charge in [0.05, 0.1) is 0 Å². The van der Waals surface area contributed by atoms with Crippen molar-refractivity contribution in [1.29, 1.82) is 0 Å². The van der Waals surface area contributed by atoms with Gasteiger partial charge in [0.25, 0.3) is 0 Å². The molecule has 2 aliphatic heterocycles. The highest BCUT2D eigenvalue weighted by atomic mass is 31.1. The molecule has 130 valence electrons. The Labute approximate surface area is 143 Å². The molecule has 2 aliphatic rings. The van der Waals surface area contributed by atoms with Crippen molar-refractivity contribution in [3.8, 4) is 0 Å². The lowest BCUT2D eigenvalue weighted by molar-refractivity contribution is 0.696. The summed E-state index contributed by atoms with van der Waals surface area (Å²) in [7, 11) is 0.558. The molecule has 0 aromatic heterocycles. The molecule has 0 amide bonds. The van der Waals surface area contributed by atoms with Crippen molar-refractivity contribution in [2.45, 2.75) is 127 Å². The molecule has 2 heterocycles. The van der Waals surface area contributed by atoms with Gasteiger partial charge in [0.1, 0.15) is 0 Å². The van der Waals surface area contributed by atoms with Crippen LogP contribution in [-0.4, -0.2) is 34.0 Å². The zero-order chi connectivity index (χ0) is 16.3. The average molecular weight is 342 g/mol. The van der Waals surface area contributed by atoms with E-state index in [0.717, 1.165) is 34.0 Å². The van der Waals surface area contributed by atoms with Gasteiger partial charge in [0.15, 0.2) is 0 Å².